The maximum absolute atomic E-state index is 11.6. The first kappa shape index (κ1) is 16.0. The summed E-state index contributed by atoms with van der Waals surface area (Å²) in [4.78, 5) is 0. The van der Waals surface area contributed by atoms with Crippen LogP contribution in [0, 0.1) is 0 Å². The summed E-state index contributed by atoms with van der Waals surface area (Å²) >= 11 is 0. The van der Waals surface area contributed by atoms with Crippen molar-refractivity contribution in [2.24, 2.45) is 0 Å². The van der Waals surface area contributed by atoms with E-state index >= 15 is 0 Å². The van der Waals surface area contributed by atoms with E-state index < -0.39 is 9.84 Å². The van der Waals surface area contributed by atoms with E-state index in [2.05, 4.69) is 5.32 Å². The van der Waals surface area contributed by atoms with Gasteiger partial charge >= 0.3 is 0 Å². The summed E-state index contributed by atoms with van der Waals surface area (Å²) in [7, 11) is -1.27. The van der Waals surface area contributed by atoms with Crippen LogP contribution in [0.3, 0.4) is 0 Å². The normalized spacial score (nSPS) is 13.2. The number of hydrogen-bond donors (Lipinski definition) is 1. The number of hydrogen-bond acceptors (Lipinski definition) is 4. The molecule has 0 saturated carbocycles. The molecule has 0 heterocycles. The van der Waals surface area contributed by atoms with Gasteiger partial charge < -0.3 is 10.1 Å². The lowest BCUT2D eigenvalue weighted by atomic mass is 10.1. The van der Waals surface area contributed by atoms with E-state index in [0.29, 0.717) is 13.0 Å². The molecule has 1 rings (SSSR count). The Morgan fingerprint density at radius 3 is 2.37 bits per heavy atom. The van der Waals surface area contributed by atoms with Gasteiger partial charge in [-0.05, 0) is 31.0 Å². The molecule has 0 amide bonds. The van der Waals surface area contributed by atoms with E-state index in [0.717, 1.165) is 11.3 Å². The standard InChI is InChI=1S/C14H23NO3S/c1-4-10-19(16,17)11-9-15-12(2)13-5-7-14(18-3)8-6-13/h5-8,12,15H,4,9-11H2,1-3H3/t12-/m1/s1. The third-order valence-electron chi connectivity index (χ3n) is 2.99. The topological polar surface area (TPSA) is 55.4 Å². The highest BCUT2D eigenvalue weighted by atomic mass is 32.2. The van der Waals surface area contributed by atoms with Crippen molar-refractivity contribution < 1.29 is 13.2 Å². The maximum atomic E-state index is 11.6. The van der Waals surface area contributed by atoms with Gasteiger partial charge in [-0.1, -0.05) is 19.1 Å². The Morgan fingerprint density at radius 1 is 1.21 bits per heavy atom. The highest BCUT2D eigenvalue weighted by Crippen LogP contribution is 2.16. The van der Waals surface area contributed by atoms with Crippen LogP contribution in [0.2, 0.25) is 0 Å². The lowest BCUT2D eigenvalue weighted by molar-refractivity contribution is 0.414. The van der Waals surface area contributed by atoms with E-state index in [4.69, 9.17) is 4.74 Å². The second-order valence-corrected chi connectivity index (χ2v) is 6.90. The van der Waals surface area contributed by atoms with Crippen molar-refractivity contribution in [3.05, 3.63) is 29.8 Å². The van der Waals surface area contributed by atoms with Gasteiger partial charge in [-0.2, -0.15) is 0 Å². The Hall–Kier alpha value is -1.07. The summed E-state index contributed by atoms with van der Waals surface area (Å²) in [5, 5.41) is 3.23. The minimum atomic E-state index is -2.90. The van der Waals surface area contributed by atoms with Crippen LogP contribution in [0.15, 0.2) is 24.3 Å². The predicted octanol–water partition coefficient (Wildman–Crippen LogP) is 2.17. The molecule has 0 radical (unpaired) electrons. The molecule has 0 saturated heterocycles. The lowest BCUT2D eigenvalue weighted by Crippen LogP contribution is -2.26. The van der Waals surface area contributed by atoms with Gasteiger partial charge in [0.2, 0.25) is 0 Å². The number of ether oxygens (including phenoxy) is 1. The fourth-order valence-electron chi connectivity index (χ4n) is 1.85. The van der Waals surface area contributed by atoms with E-state index in [-0.39, 0.29) is 17.5 Å². The average Bonchev–Trinajstić information content (AvgIpc) is 2.38. The van der Waals surface area contributed by atoms with Crippen LogP contribution < -0.4 is 10.1 Å². The van der Waals surface area contributed by atoms with Gasteiger partial charge in [-0.3, -0.25) is 0 Å². The monoisotopic (exact) mass is 285 g/mol. The first-order valence-electron chi connectivity index (χ1n) is 6.56. The van der Waals surface area contributed by atoms with Crippen LogP contribution in [-0.4, -0.2) is 33.6 Å². The number of benzene rings is 1. The lowest BCUT2D eigenvalue weighted by Gasteiger charge is -2.14. The summed E-state index contributed by atoms with van der Waals surface area (Å²) < 4.78 is 28.3. The number of sulfone groups is 1. The molecule has 0 bridgehead atoms. The molecule has 0 aliphatic carbocycles. The molecule has 1 N–H and O–H groups in total. The van der Waals surface area contributed by atoms with Gasteiger partial charge in [-0.25, -0.2) is 8.42 Å². The second kappa shape index (κ2) is 7.50. The van der Waals surface area contributed by atoms with Crippen LogP contribution >= 0.6 is 0 Å². The van der Waals surface area contributed by atoms with Crippen molar-refractivity contribution in [1.82, 2.24) is 5.32 Å². The maximum Gasteiger partial charge on any atom is 0.151 e. The molecular formula is C14H23NO3S. The number of methoxy groups -OCH3 is 1. The van der Waals surface area contributed by atoms with E-state index in [1.807, 2.05) is 38.1 Å². The van der Waals surface area contributed by atoms with Crippen molar-refractivity contribution in [1.29, 1.82) is 0 Å². The molecular weight excluding hydrogens is 262 g/mol. The fraction of sp³-hybridized carbons (Fsp3) is 0.571. The minimum Gasteiger partial charge on any atom is -0.497 e. The Balaban J connectivity index is 2.44. The molecule has 4 nitrogen and oxygen atoms in total. The van der Waals surface area contributed by atoms with Gasteiger partial charge in [0.15, 0.2) is 9.84 Å². The van der Waals surface area contributed by atoms with Crippen LogP contribution in [-0.2, 0) is 9.84 Å². The minimum absolute atomic E-state index is 0.128. The van der Waals surface area contributed by atoms with E-state index in [1.165, 1.54) is 0 Å². The SMILES string of the molecule is CCCS(=O)(=O)CCN[C@H](C)c1ccc(OC)cc1. The summed E-state index contributed by atoms with van der Waals surface area (Å²) in [5.74, 6) is 1.29. The number of nitrogens with one attached hydrogen (secondary N) is 1. The predicted molar refractivity (Wildman–Crippen MR) is 78.4 cm³/mol. The molecule has 0 aliphatic rings. The summed E-state index contributed by atoms with van der Waals surface area (Å²) in [6, 6.07) is 7.90. The Labute approximate surface area is 116 Å². The van der Waals surface area contributed by atoms with Crippen LogP contribution in [0.25, 0.3) is 0 Å². The molecule has 19 heavy (non-hydrogen) atoms. The smallest absolute Gasteiger partial charge is 0.151 e. The molecule has 5 heteroatoms. The van der Waals surface area contributed by atoms with Crippen LogP contribution in [0.5, 0.6) is 5.75 Å². The van der Waals surface area contributed by atoms with Gasteiger partial charge in [0.05, 0.1) is 12.9 Å². The largest absolute Gasteiger partial charge is 0.497 e. The molecule has 0 aromatic heterocycles. The van der Waals surface area contributed by atoms with Gasteiger partial charge in [0, 0.05) is 18.3 Å². The average molecular weight is 285 g/mol. The quantitative estimate of drug-likeness (QED) is 0.795. The zero-order valence-corrected chi connectivity index (χ0v) is 12.7. The Morgan fingerprint density at radius 2 is 1.84 bits per heavy atom. The van der Waals surface area contributed by atoms with Gasteiger partial charge in [0.25, 0.3) is 0 Å². The van der Waals surface area contributed by atoms with Crippen molar-refractivity contribution in [2.45, 2.75) is 26.3 Å². The molecule has 0 aliphatic heterocycles. The summed E-state index contributed by atoms with van der Waals surface area (Å²) in [6.07, 6.45) is 0.677. The van der Waals surface area contributed by atoms with Crippen molar-refractivity contribution in [3.8, 4) is 5.75 Å². The Bertz CT molecular complexity index is 468. The molecule has 1 aromatic rings. The number of rotatable bonds is 8. The Kier molecular flexibility index (Phi) is 6.31. The highest BCUT2D eigenvalue weighted by Gasteiger charge is 2.10. The summed E-state index contributed by atoms with van der Waals surface area (Å²) in [6.45, 7) is 4.38. The highest BCUT2D eigenvalue weighted by molar-refractivity contribution is 7.91. The molecule has 1 atom stereocenters. The zero-order chi connectivity index (χ0) is 14.3. The second-order valence-electron chi connectivity index (χ2n) is 4.60. The van der Waals surface area contributed by atoms with Crippen LogP contribution in [0.4, 0.5) is 0 Å². The van der Waals surface area contributed by atoms with Gasteiger partial charge in [-0.15, -0.1) is 0 Å². The fourth-order valence-corrected chi connectivity index (χ4v) is 3.11. The van der Waals surface area contributed by atoms with Crippen LogP contribution in [0.1, 0.15) is 31.9 Å². The molecule has 0 fully saturated rings. The van der Waals surface area contributed by atoms with E-state index in [9.17, 15) is 8.42 Å². The van der Waals surface area contributed by atoms with E-state index in [1.54, 1.807) is 7.11 Å². The van der Waals surface area contributed by atoms with Gasteiger partial charge in [0.1, 0.15) is 5.75 Å². The van der Waals surface area contributed by atoms with Crippen molar-refractivity contribution >= 4 is 9.84 Å². The van der Waals surface area contributed by atoms with Crippen molar-refractivity contribution in [2.75, 3.05) is 25.2 Å². The summed E-state index contributed by atoms with van der Waals surface area (Å²) in [5.41, 5.74) is 1.12. The molecule has 108 valence electrons. The van der Waals surface area contributed by atoms with Crippen molar-refractivity contribution in [3.63, 3.8) is 0 Å². The molecule has 1 aromatic carbocycles. The third kappa shape index (κ3) is 5.61. The molecule has 0 spiro atoms. The molecule has 0 unspecified atom stereocenters. The first-order chi connectivity index (χ1) is 8.98. The zero-order valence-electron chi connectivity index (χ0n) is 11.8. The third-order valence-corrected chi connectivity index (χ3v) is 4.85. The first-order valence-corrected chi connectivity index (χ1v) is 8.38.